The van der Waals surface area contributed by atoms with Gasteiger partial charge in [0.15, 0.2) is 0 Å². The van der Waals surface area contributed by atoms with Crippen molar-refractivity contribution in [1.82, 2.24) is 9.55 Å². The maximum Gasteiger partial charge on any atom is 0.266 e. The molecular formula is C26H26N4O3S. The molecule has 174 valence electrons. The topological polar surface area (TPSA) is 93.1 Å². The van der Waals surface area contributed by atoms with Crippen LogP contribution in [0, 0.1) is 27.7 Å². The number of para-hydroxylation sites is 1. The van der Waals surface area contributed by atoms with Gasteiger partial charge in [0, 0.05) is 11.4 Å². The molecule has 1 unspecified atom stereocenters. The number of fused-ring (bicyclic) bond motifs is 1. The van der Waals surface area contributed by atoms with Gasteiger partial charge in [-0.3, -0.25) is 19.0 Å². The summed E-state index contributed by atoms with van der Waals surface area (Å²) in [7, 11) is 0. The first-order valence-electron chi connectivity index (χ1n) is 10.9. The van der Waals surface area contributed by atoms with Crippen molar-refractivity contribution in [1.29, 1.82) is 0 Å². The number of hydrogen-bond acceptors (Lipinski definition) is 5. The molecule has 2 heterocycles. The van der Waals surface area contributed by atoms with Gasteiger partial charge in [-0.2, -0.15) is 0 Å². The minimum Gasteiger partial charge on any atom is -0.324 e. The minimum absolute atomic E-state index is 0.290. The van der Waals surface area contributed by atoms with Gasteiger partial charge >= 0.3 is 0 Å². The molecule has 4 aromatic rings. The number of rotatable bonds is 5. The Hall–Kier alpha value is -3.78. The highest BCUT2D eigenvalue weighted by Gasteiger charge is 2.23. The van der Waals surface area contributed by atoms with Gasteiger partial charge in [-0.15, -0.1) is 11.3 Å². The number of nitrogens with one attached hydrogen (secondary N) is 2. The predicted molar refractivity (Wildman–Crippen MR) is 137 cm³/mol. The van der Waals surface area contributed by atoms with E-state index in [1.807, 2.05) is 63.2 Å². The van der Waals surface area contributed by atoms with Gasteiger partial charge < -0.3 is 10.6 Å². The van der Waals surface area contributed by atoms with E-state index in [4.69, 9.17) is 0 Å². The van der Waals surface area contributed by atoms with E-state index < -0.39 is 6.04 Å². The molecule has 2 aromatic heterocycles. The fourth-order valence-electron chi connectivity index (χ4n) is 3.84. The van der Waals surface area contributed by atoms with Crippen molar-refractivity contribution in [3.63, 3.8) is 0 Å². The molecule has 0 aliphatic heterocycles. The molecule has 2 aromatic carbocycles. The molecule has 1 atom stereocenters. The lowest BCUT2D eigenvalue weighted by Gasteiger charge is -2.16. The molecule has 2 amide bonds. The zero-order chi connectivity index (χ0) is 24.6. The Balaban J connectivity index is 1.64. The van der Waals surface area contributed by atoms with Gasteiger partial charge in [-0.25, -0.2) is 4.98 Å². The molecule has 0 aliphatic carbocycles. The number of aryl methyl sites for hydroxylation is 4. The highest BCUT2D eigenvalue weighted by molar-refractivity contribution is 7.20. The van der Waals surface area contributed by atoms with Crippen LogP contribution in [0.1, 0.15) is 44.9 Å². The van der Waals surface area contributed by atoms with Crippen molar-refractivity contribution in [2.45, 2.75) is 40.7 Å². The maximum atomic E-state index is 13.3. The Morgan fingerprint density at radius 3 is 2.38 bits per heavy atom. The molecule has 0 aliphatic rings. The third-order valence-electron chi connectivity index (χ3n) is 5.91. The second-order valence-electron chi connectivity index (χ2n) is 8.45. The fourth-order valence-corrected chi connectivity index (χ4v) is 4.87. The van der Waals surface area contributed by atoms with Crippen molar-refractivity contribution in [3.8, 4) is 0 Å². The van der Waals surface area contributed by atoms with Crippen molar-refractivity contribution in [3.05, 3.63) is 86.3 Å². The van der Waals surface area contributed by atoms with Gasteiger partial charge in [-0.05, 0) is 63.4 Å². The zero-order valence-corrected chi connectivity index (χ0v) is 20.5. The zero-order valence-electron chi connectivity index (χ0n) is 19.7. The number of benzene rings is 2. The Morgan fingerprint density at radius 1 is 0.971 bits per heavy atom. The Kier molecular flexibility index (Phi) is 6.34. The molecule has 0 saturated heterocycles. The molecule has 0 saturated carbocycles. The first-order valence-corrected chi connectivity index (χ1v) is 11.7. The van der Waals surface area contributed by atoms with Crippen LogP contribution in [0.15, 0.2) is 53.6 Å². The van der Waals surface area contributed by atoms with Gasteiger partial charge in [0.25, 0.3) is 11.5 Å². The molecule has 4 rings (SSSR count). The van der Waals surface area contributed by atoms with Crippen LogP contribution in [0.2, 0.25) is 0 Å². The number of carbonyl (C=O) groups excluding carboxylic acids is 2. The summed E-state index contributed by atoms with van der Waals surface area (Å²) >= 11 is 1.17. The lowest BCUT2D eigenvalue weighted by Crippen LogP contribution is -2.32. The number of aromatic nitrogens is 2. The van der Waals surface area contributed by atoms with Crippen LogP contribution < -0.4 is 16.2 Å². The maximum absolute atomic E-state index is 13.3. The van der Waals surface area contributed by atoms with Crippen molar-refractivity contribution < 1.29 is 9.59 Å². The molecule has 2 N–H and O–H groups in total. The highest BCUT2D eigenvalue weighted by Crippen LogP contribution is 2.28. The molecule has 8 heteroatoms. The first-order chi connectivity index (χ1) is 16.2. The number of amides is 2. The minimum atomic E-state index is -0.784. The van der Waals surface area contributed by atoms with E-state index in [1.54, 1.807) is 13.8 Å². The predicted octanol–water partition coefficient (Wildman–Crippen LogP) is 5.14. The van der Waals surface area contributed by atoms with E-state index in [1.165, 1.54) is 22.2 Å². The van der Waals surface area contributed by atoms with Gasteiger partial charge in [-0.1, -0.05) is 35.9 Å². The average molecular weight is 475 g/mol. The van der Waals surface area contributed by atoms with Crippen LogP contribution in [0.4, 0.5) is 11.4 Å². The normalized spacial score (nSPS) is 11.9. The van der Waals surface area contributed by atoms with E-state index in [9.17, 15) is 14.4 Å². The molecule has 34 heavy (non-hydrogen) atoms. The number of carbonyl (C=O) groups is 2. The summed E-state index contributed by atoms with van der Waals surface area (Å²) in [6.45, 7) is 9.21. The third kappa shape index (κ3) is 4.36. The molecule has 0 bridgehead atoms. The van der Waals surface area contributed by atoms with Crippen molar-refractivity contribution in [2.75, 3.05) is 10.6 Å². The summed E-state index contributed by atoms with van der Waals surface area (Å²) in [5.74, 6) is -0.609. The number of hydrogen-bond donors (Lipinski definition) is 2. The summed E-state index contributed by atoms with van der Waals surface area (Å²) in [5.41, 5.74) is 4.61. The first kappa shape index (κ1) is 23.4. The Bertz CT molecular complexity index is 1490. The number of thiophene rings is 1. The third-order valence-corrected chi connectivity index (χ3v) is 7.11. The lowest BCUT2D eigenvalue weighted by molar-refractivity contribution is -0.118. The standard InChI is InChI=1S/C26H26N4O3S/c1-14-10-11-20(16(3)12-14)28-23(31)18(5)30-13-27-25-21(26(30)33)17(4)22(34-25)24(32)29-19-9-7-6-8-15(19)2/h6-13,18H,1-5H3,(H,28,31)(H,29,32). The van der Waals surface area contributed by atoms with Crippen molar-refractivity contribution in [2.24, 2.45) is 0 Å². The van der Waals surface area contributed by atoms with Crippen molar-refractivity contribution >= 4 is 44.7 Å². The summed E-state index contributed by atoms with van der Waals surface area (Å²) in [6, 6.07) is 12.5. The second kappa shape index (κ2) is 9.23. The van der Waals surface area contributed by atoms with E-state index in [0.717, 1.165) is 16.7 Å². The number of nitrogens with zero attached hydrogens (tertiary/aromatic N) is 2. The molecule has 7 nitrogen and oxygen atoms in total. The Labute approximate surface area is 201 Å². The molecule has 0 fully saturated rings. The number of anilines is 2. The molecular weight excluding hydrogens is 448 g/mol. The van der Waals surface area contributed by atoms with Gasteiger partial charge in [0.2, 0.25) is 5.91 Å². The summed E-state index contributed by atoms with van der Waals surface area (Å²) in [4.78, 5) is 44.5. The summed E-state index contributed by atoms with van der Waals surface area (Å²) < 4.78 is 1.31. The summed E-state index contributed by atoms with van der Waals surface area (Å²) in [6.07, 6.45) is 1.37. The SMILES string of the molecule is Cc1ccc(NC(=O)C(C)n2cnc3sc(C(=O)Nc4ccccc4C)c(C)c3c2=O)c(C)c1. The summed E-state index contributed by atoms with van der Waals surface area (Å²) in [5, 5.41) is 6.16. The van der Waals surface area contributed by atoms with Crippen LogP contribution in [0.3, 0.4) is 0 Å². The van der Waals surface area contributed by atoms with Crippen LogP contribution >= 0.6 is 11.3 Å². The quantitative estimate of drug-likeness (QED) is 0.419. The van der Waals surface area contributed by atoms with E-state index >= 15 is 0 Å². The van der Waals surface area contributed by atoms with Crippen LogP contribution in [0.5, 0.6) is 0 Å². The van der Waals surface area contributed by atoms with Gasteiger partial charge in [0.05, 0.1) is 16.6 Å². The van der Waals surface area contributed by atoms with E-state index in [-0.39, 0.29) is 17.4 Å². The van der Waals surface area contributed by atoms with E-state index in [2.05, 4.69) is 15.6 Å². The lowest BCUT2D eigenvalue weighted by atomic mass is 10.1. The van der Waals surface area contributed by atoms with E-state index in [0.29, 0.717) is 32.0 Å². The fraction of sp³-hybridized carbons (Fsp3) is 0.231. The smallest absolute Gasteiger partial charge is 0.266 e. The second-order valence-corrected chi connectivity index (χ2v) is 9.45. The molecule has 0 radical (unpaired) electrons. The van der Waals surface area contributed by atoms with Crippen LogP contribution in [0.25, 0.3) is 10.2 Å². The van der Waals surface area contributed by atoms with Gasteiger partial charge in [0.1, 0.15) is 10.9 Å². The highest BCUT2D eigenvalue weighted by atomic mass is 32.1. The van der Waals surface area contributed by atoms with Crippen LogP contribution in [-0.4, -0.2) is 21.4 Å². The average Bonchev–Trinajstić information content (AvgIpc) is 3.14. The van der Waals surface area contributed by atoms with Crippen LogP contribution in [-0.2, 0) is 4.79 Å². The Morgan fingerprint density at radius 2 is 1.68 bits per heavy atom. The molecule has 0 spiro atoms. The largest absolute Gasteiger partial charge is 0.324 e. The monoisotopic (exact) mass is 474 g/mol.